The maximum absolute atomic E-state index is 12.8. The fraction of sp³-hybridized carbons (Fsp3) is 0.333. The maximum atomic E-state index is 12.8. The lowest BCUT2D eigenvalue weighted by molar-refractivity contribution is 0.0644. The first-order valence-electron chi connectivity index (χ1n) is 9.81. The molecule has 2 aromatic carbocycles. The van der Waals surface area contributed by atoms with E-state index in [4.69, 9.17) is 11.6 Å². The second kappa shape index (κ2) is 8.47. The van der Waals surface area contributed by atoms with Gasteiger partial charge in [0.15, 0.2) is 0 Å². The van der Waals surface area contributed by atoms with E-state index in [9.17, 15) is 18.0 Å². The van der Waals surface area contributed by atoms with Crippen LogP contribution in [0.2, 0.25) is 5.02 Å². The number of benzene rings is 2. The minimum absolute atomic E-state index is 0.241. The second-order valence-electron chi connectivity index (χ2n) is 7.36. The monoisotopic (exact) mass is 447 g/mol. The van der Waals surface area contributed by atoms with Gasteiger partial charge in [-0.3, -0.25) is 14.5 Å². The number of rotatable bonds is 6. The topological polar surface area (TPSA) is 78.0 Å². The Morgan fingerprint density at radius 3 is 1.93 bits per heavy atom. The summed E-state index contributed by atoms with van der Waals surface area (Å²) in [5.41, 5.74) is 0.923. The summed E-state index contributed by atoms with van der Waals surface area (Å²) in [4.78, 5) is 28.5. The van der Waals surface area contributed by atoms with E-state index in [1.165, 1.54) is 21.3 Å². The van der Waals surface area contributed by atoms with Crippen molar-refractivity contribution in [2.75, 3.05) is 39.3 Å². The van der Waals surface area contributed by atoms with E-state index in [0.29, 0.717) is 61.8 Å². The van der Waals surface area contributed by atoms with Crippen LogP contribution in [0, 0.1) is 0 Å². The first-order valence-corrected chi connectivity index (χ1v) is 11.6. The average Bonchev–Trinajstić information content (AvgIpc) is 2.99. The van der Waals surface area contributed by atoms with Gasteiger partial charge in [-0.1, -0.05) is 23.7 Å². The number of amides is 2. The largest absolute Gasteiger partial charge is 0.301 e. The summed E-state index contributed by atoms with van der Waals surface area (Å²) in [6.45, 7) is 3.07. The van der Waals surface area contributed by atoms with E-state index < -0.39 is 10.0 Å². The van der Waals surface area contributed by atoms with Gasteiger partial charge in [-0.25, -0.2) is 8.42 Å². The number of carbonyl (C=O) groups excluding carboxylic acids is 2. The third kappa shape index (κ3) is 4.00. The van der Waals surface area contributed by atoms with Crippen molar-refractivity contribution in [2.24, 2.45) is 0 Å². The molecule has 30 heavy (non-hydrogen) atoms. The highest BCUT2D eigenvalue weighted by atomic mass is 35.5. The molecule has 0 spiro atoms. The van der Waals surface area contributed by atoms with Crippen LogP contribution in [-0.4, -0.2) is 73.6 Å². The molecule has 0 aromatic heterocycles. The summed E-state index contributed by atoms with van der Waals surface area (Å²) in [6, 6.07) is 13.0. The molecule has 2 aromatic rings. The molecule has 0 atom stereocenters. The summed E-state index contributed by atoms with van der Waals surface area (Å²) >= 11 is 5.85. The Morgan fingerprint density at radius 2 is 1.37 bits per heavy atom. The van der Waals surface area contributed by atoms with Crippen LogP contribution >= 0.6 is 11.6 Å². The Kier molecular flexibility index (Phi) is 5.92. The van der Waals surface area contributed by atoms with Crippen molar-refractivity contribution in [1.82, 2.24) is 14.1 Å². The van der Waals surface area contributed by atoms with Crippen LogP contribution in [0.1, 0.15) is 27.1 Å². The van der Waals surface area contributed by atoms with Gasteiger partial charge in [0.2, 0.25) is 10.0 Å². The van der Waals surface area contributed by atoms with Gasteiger partial charge < -0.3 is 4.90 Å². The number of piperazine rings is 1. The van der Waals surface area contributed by atoms with E-state index in [1.54, 1.807) is 36.4 Å². The molecule has 9 heteroatoms. The Labute approximate surface area is 180 Å². The van der Waals surface area contributed by atoms with E-state index in [0.717, 1.165) is 0 Å². The molecule has 2 heterocycles. The SMILES string of the molecule is O=C1c2ccccc2C(=O)N1CCCN1CCN(S(=O)(=O)c2ccc(Cl)cc2)CC1. The Morgan fingerprint density at radius 1 is 0.800 bits per heavy atom. The molecular formula is C21H22ClN3O4S. The van der Waals surface area contributed by atoms with Gasteiger partial charge in [0.05, 0.1) is 16.0 Å². The lowest BCUT2D eigenvalue weighted by atomic mass is 10.1. The third-order valence-corrected chi connectivity index (χ3v) is 7.68. The summed E-state index contributed by atoms with van der Waals surface area (Å²) in [5, 5.41) is 0.497. The van der Waals surface area contributed by atoms with Crippen molar-refractivity contribution in [3.8, 4) is 0 Å². The number of imide groups is 1. The highest BCUT2D eigenvalue weighted by molar-refractivity contribution is 7.89. The van der Waals surface area contributed by atoms with Crippen molar-refractivity contribution in [3.63, 3.8) is 0 Å². The zero-order chi connectivity index (χ0) is 21.3. The van der Waals surface area contributed by atoms with Crippen molar-refractivity contribution >= 4 is 33.4 Å². The Balaban J connectivity index is 1.27. The molecule has 0 aliphatic carbocycles. The summed E-state index contributed by atoms with van der Waals surface area (Å²) < 4.78 is 27.0. The van der Waals surface area contributed by atoms with Gasteiger partial charge in [-0.15, -0.1) is 0 Å². The standard InChI is InChI=1S/C21H22ClN3O4S/c22-16-6-8-17(9-7-16)30(28,29)24-14-12-23(13-15-24)10-3-11-25-20(26)18-4-1-2-5-19(18)21(25)27/h1-2,4-9H,3,10-15H2. The fourth-order valence-corrected chi connectivity index (χ4v) is 5.39. The summed E-state index contributed by atoms with van der Waals surface area (Å²) in [5.74, 6) is -0.482. The molecule has 2 amide bonds. The Hall–Kier alpha value is -2.26. The molecule has 2 aliphatic rings. The Bertz CT molecular complexity index is 1030. The molecule has 0 radical (unpaired) electrons. The maximum Gasteiger partial charge on any atom is 0.261 e. The number of nitrogens with zero attached hydrogens (tertiary/aromatic N) is 3. The van der Waals surface area contributed by atoms with Crippen LogP contribution in [-0.2, 0) is 10.0 Å². The predicted molar refractivity (Wildman–Crippen MR) is 113 cm³/mol. The minimum atomic E-state index is -3.53. The lowest BCUT2D eigenvalue weighted by Crippen LogP contribution is -2.49. The number of hydrogen-bond acceptors (Lipinski definition) is 5. The van der Waals surface area contributed by atoms with Crippen LogP contribution in [0.4, 0.5) is 0 Å². The highest BCUT2D eigenvalue weighted by Crippen LogP contribution is 2.23. The summed E-state index contributed by atoms with van der Waals surface area (Å²) in [7, 11) is -3.53. The smallest absolute Gasteiger partial charge is 0.261 e. The van der Waals surface area contributed by atoms with Crippen molar-refractivity contribution < 1.29 is 18.0 Å². The van der Waals surface area contributed by atoms with Gasteiger partial charge in [0.1, 0.15) is 0 Å². The molecule has 4 rings (SSSR count). The quantitative estimate of drug-likeness (QED) is 0.635. The van der Waals surface area contributed by atoms with Gasteiger partial charge in [0.25, 0.3) is 11.8 Å². The van der Waals surface area contributed by atoms with E-state index in [2.05, 4.69) is 4.90 Å². The number of halogens is 1. The fourth-order valence-electron chi connectivity index (χ4n) is 3.84. The first kappa shape index (κ1) is 21.0. The zero-order valence-corrected chi connectivity index (χ0v) is 17.9. The normalized spacial score (nSPS) is 18.1. The minimum Gasteiger partial charge on any atom is -0.301 e. The molecule has 158 valence electrons. The molecule has 0 unspecified atom stereocenters. The molecule has 2 aliphatic heterocycles. The van der Waals surface area contributed by atoms with Gasteiger partial charge in [-0.2, -0.15) is 4.31 Å². The summed E-state index contributed by atoms with van der Waals surface area (Å²) in [6.07, 6.45) is 0.648. The number of hydrogen-bond donors (Lipinski definition) is 0. The molecule has 1 saturated heterocycles. The van der Waals surface area contributed by atoms with Gasteiger partial charge in [0, 0.05) is 37.7 Å². The van der Waals surface area contributed by atoms with Crippen molar-refractivity contribution in [3.05, 3.63) is 64.7 Å². The van der Waals surface area contributed by atoms with E-state index in [-0.39, 0.29) is 16.7 Å². The molecular weight excluding hydrogens is 426 g/mol. The number of sulfonamides is 1. The predicted octanol–water partition coefficient (Wildman–Crippen LogP) is 2.33. The average molecular weight is 448 g/mol. The first-order chi connectivity index (χ1) is 14.4. The van der Waals surface area contributed by atoms with Gasteiger partial charge in [-0.05, 0) is 49.4 Å². The number of carbonyl (C=O) groups is 2. The van der Waals surface area contributed by atoms with Crippen LogP contribution in [0.3, 0.4) is 0 Å². The number of fused-ring (bicyclic) bond motifs is 1. The lowest BCUT2D eigenvalue weighted by Gasteiger charge is -2.34. The molecule has 1 fully saturated rings. The van der Waals surface area contributed by atoms with Crippen LogP contribution in [0.15, 0.2) is 53.4 Å². The van der Waals surface area contributed by atoms with E-state index in [1.807, 2.05) is 0 Å². The highest BCUT2D eigenvalue weighted by Gasteiger charge is 2.35. The van der Waals surface area contributed by atoms with Crippen LogP contribution < -0.4 is 0 Å². The van der Waals surface area contributed by atoms with E-state index >= 15 is 0 Å². The molecule has 0 N–H and O–H groups in total. The second-order valence-corrected chi connectivity index (χ2v) is 9.74. The molecule has 0 saturated carbocycles. The van der Waals surface area contributed by atoms with Crippen LogP contribution in [0.5, 0.6) is 0 Å². The van der Waals surface area contributed by atoms with Gasteiger partial charge >= 0.3 is 0 Å². The van der Waals surface area contributed by atoms with Crippen molar-refractivity contribution in [2.45, 2.75) is 11.3 Å². The van der Waals surface area contributed by atoms with Crippen molar-refractivity contribution in [1.29, 1.82) is 0 Å². The third-order valence-electron chi connectivity index (χ3n) is 5.52. The molecule has 0 bridgehead atoms. The van der Waals surface area contributed by atoms with Crippen LogP contribution in [0.25, 0.3) is 0 Å². The molecule has 7 nitrogen and oxygen atoms in total. The zero-order valence-electron chi connectivity index (χ0n) is 16.3.